The Balaban J connectivity index is 1.51. The van der Waals surface area contributed by atoms with Gasteiger partial charge in [-0.25, -0.2) is 4.98 Å². The van der Waals surface area contributed by atoms with Crippen LogP contribution in [0.1, 0.15) is 42.4 Å². The summed E-state index contributed by atoms with van der Waals surface area (Å²) in [6, 6.07) is 4.35. The van der Waals surface area contributed by atoms with E-state index in [1.54, 1.807) is 0 Å². The summed E-state index contributed by atoms with van der Waals surface area (Å²) in [6.45, 7) is 7.16. The normalized spacial score (nSPS) is 16.8. The second-order valence-electron chi connectivity index (χ2n) is 7.81. The van der Waals surface area contributed by atoms with E-state index >= 15 is 0 Å². The molecule has 1 fully saturated rings. The summed E-state index contributed by atoms with van der Waals surface area (Å²) in [4.78, 5) is 7.40. The number of anilines is 1. The number of nitrogens with zero attached hydrogens (tertiary/aromatic N) is 2. The van der Waals surface area contributed by atoms with Crippen LogP contribution in [0.2, 0.25) is 0 Å². The van der Waals surface area contributed by atoms with E-state index in [1.807, 2.05) is 0 Å². The second kappa shape index (κ2) is 8.44. The minimum absolute atomic E-state index is 0.119. The highest BCUT2D eigenvalue weighted by molar-refractivity contribution is 5.88. The number of aromatic nitrogens is 1. The molecule has 5 heteroatoms. The Morgan fingerprint density at radius 1 is 1.15 bits per heavy atom. The van der Waals surface area contributed by atoms with Gasteiger partial charge in [-0.05, 0) is 81.3 Å². The summed E-state index contributed by atoms with van der Waals surface area (Å²) in [5.41, 5.74) is 4.94. The molecule has 0 radical (unpaired) electrons. The number of ether oxygens (including phenoxy) is 1. The summed E-state index contributed by atoms with van der Waals surface area (Å²) in [7, 11) is 0. The number of pyridine rings is 1. The SMILES string of the molecule is Cc1cc2c3c(c(NCCO)nc2cc1OCCCN1CCCC1)CCC3. The van der Waals surface area contributed by atoms with Crippen molar-refractivity contribution in [3.63, 3.8) is 0 Å². The highest BCUT2D eigenvalue weighted by Gasteiger charge is 2.20. The minimum Gasteiger partial charge on any atom is -0.493 e. The van der Waals surface area contributed by atoms with Gasteiger partial charge in [-0.15, -0.1) is 0 Å². The molecular formula is C22H31N3O2. The summed E-state index contributed by atoms with van der Waals surface area (Å²) >= 11 is 0. The summed E-state index contributed by atoms with van der Waals surface area (Å²) in [5.74, 6) is 1.88. The molecule has 2 heterocycles. The Morgan fingerprint density at radius 3 is 2.78 bits per heavy atom. The zero-order chi connectivity index (χ0) is 18.6. The fourth-order valence-corrected chi connectivity index (χ4v) is 4.45. The van der Waals surface area contributed by atoms with E-state index < -0.39 is 0 Å². The van der Waals surface area contributed by atoms with Crippen LogP contribution in [0.3, 0.4) is 0 Å². The third-order valence-electron chi connectivity index (χ3n) is 5.83. The van der Waals surface area contributed by atoms with Crippen molar-refractivity contribution in [3.8, 4) is 5.75 Å². The van der Waals surface area contributed by atoms with Gasteiger partial charge in [-0.1, -0.05) is 0 Å². The molecule has 0 spiro atoms. The monoisotopic (exact) mass is 369 g/mol. The first-order valence-electron chi connectivity index (χ1n) is 10.4. The van der Waals surface area contributed by atoms with E-state index in [4.69, 9.17) is 14.8 Å². The molecular weight excluding hydrogens is 338 g/mol. The first-order valence-corrected chi connectivity index (χ1v) is 10.4. The lowest BCUT2D eigenvalue weighted by Gasteiger charge is -2.17. The fraction of sp³-hybridized carbons (Fsp3) is 0.591. The van der Waals surface area contributed by atoms with Crippen LogP contribution < -0.4 is 10.1 Å². The molecule has 0 atom stereocenters. The van der Waals surface area contributed by atoms with Gasteiger partial charge in [-0.2, -0.15) is 0 Å². The molecule has 1 aliphatic carbocycles. The maximum Gasteiger partial charge on any atom is 0.130 e. The third kappa shape index (κ3) is 4.04. The Bertz CT molecular complexity index is 800. The van der Waals surface area contributed by atoms with Crippen molar-refractivity contribution in [2.45, 2.75) is 45.4 Å². The Kier molecular flexibility index (Phi) is 5.79. The average molecular weight is 370 g/mol. The van der Waals surface area contributed by atoms with Gasteiger partial charge in [0.1, 0.15) is 11.6 Å². The minimum atomic E-state index is 0.119. The molecule has 0 unspecified atom stereocenters. The second-order valence-corrected chi connectivity index (χ2v) is 7.81. The number of fused-ring (bicyclic) bond motifs is 3. The van der Waals surface area contributed by atoms with E-state index in [-0.39, 0.29) is 6.61 Å². The first-order chi connectivity index (χ1) is 13.3. The van der Waals surface area contributed by atoms with Gasteiger partial charge in [0, 0.05) is 24.5 Å². The molecule has 1 aliphatic heterocycles. The van der Waals surface area contributed by atoms with Crippen molar-refractivity contribution in [1.29, 1.82) is 0 Å². The maximum absolute atomic E-state index is 9.16. The van der Waals surface area contributed by atoms with Crippen molar-refractivity contribution in [1.82, 2.24) is 9.88 Å². The van der Waals surface area contributed by atoms with Gasteiger partial charge in [0.05, 0.1) is 18.7 Å². The number of benzene rings is 1. The molecule has 0 bridgehead atoms. The first kappa shape index (κ1) is 18.5. The van der Waals surface area contributed by atoms with Crippen molar-refractivity contribution >= 4 is 16.7 Å². The standard InChI is InChI=1S/C22H31N3O2/c1-16-14-19-17-6-4-7-18(17)22(23-8-12-26)24-20(19)15-21(16)27-13-5-11-25-9-2-3-10-25/h14-15,26H,2-13H2,1H3,(H,23,24). The van der Waals surface area contributed by atoms with E-state index in [1.165, 1.54) is 54.4 Å². The van der Waals surface area contributed by atoms with Crippen molar-refractivity contribution in [3.05, 3.63) is 28.8 Å². The molecule has 5 nitrogen and oxygen atoms in total. The Morgan fingerprint density at radius 2 is 1.96 bits per heavy atom. The molecule has 146 valence electrons. The summed E-state index contributed by atoms with van der Waals surface area (Å²) in [6.07, 6.45) is 7.11. The summed E-state index contributed by atoms with van der Waals surface area (Å²) < 4.78 is 6.12. The van der Waals surface area contributed by atoms with Gasteiger partial charge < -0.3 is 20.1 Å². The van der Waals surface area contributed by atoms with Crippen LogP contribution in [0.4, 0.5) is 5.82 Å². The molecule has 2 aromatic rings. The number of likely N-dealkylation sites (tertiary alicyclic amines) is 1. The fourth-order valence-electron chi connectivity index (χ4n) is 4.45. The number of aliphatic hydroxyl groups excluding tert-OH is 1. The average Bonchev–Trinajstić information content (AvgIpc) is 3.36. The molecule has 1 aromatic heterocycles. The van der Waals surface area contributed by atoms with Crippen LogP contribution in [0.25, 0.3) is 10.9 Å². The highest BCUT2D eigenvalue weighted by atomic mass is 16.5. The maximum atomic E-state index is 9.16. The van der Waals surface area contributed by atoms with Crippen molar-refractivity contribution < 1.29 is 9.84 Å². The van der Waals surface area contributed by atoms with Crippen molar-refractivity contribution in [2.75, 3.05) is 44.7 Å². The predicted octanol–water partition coefficient (Wildman–Crippen LogP) is 3.30. The number of nitrogens with one attached hydrogen (secondary N) is 1. The van der Waals surface area contributed by atoms with Gasteiger partial charge in [0.25, 0.3) is 0 Å². The van der Waals surface area contributed by atoms with E-state index in [2.05, 4.69) is 29.3 Å². The van der Waals surface area contributed by atoms with Crippen LogP contribution in [0.15, 0.2) is 12.1 Å². The molecule has 2 N–H and O–H groups in total. The molecule has 1 saturated heterocycles. The van der Waals surface area contributed by atoms with E-state index in [0.717, 1.165) is 49.5 Å². The van der Waals surface area contributed by atoms with Gasteiger partial charge in [-0.3, -0.25) is 0 Å². The lowest BCUT2D eigenvalue weighted by atomic mass is 10.0. The molecule has 0 amide bonds. The third-order valence-corrected chi connectivity index (χ3v) is 5.83. The van der Waals surface area contributed by atoms with Crippen LogP contribution >= 0.6 is 0 Å². The highest BCUT2D eigenvalue weighted by Crippen LogP contribution is 2.36. The van der Waals surface area contributed by atoms with Crippen LogP contribution in [0.5, 0.6) is 5.75 Å². The molecule has 1 aromatic carbocycles. The van der Waals surface area contributed by atoms with Crippen LogP contribution in [-0.2, 0) is 12.8 Å². The largest absolute Gasteiger partial charge is 0.493 e. The molecule has 2 aliphatic rings. The van der Waals surface area contributed by atoms with Crippen LogP contribution in [0, 0.1) is 6.92 Å². The van der Waals surface area contributed by atoms with Gasteiger partial charge in [0.15, 0.2) is 0 Å². The smallest absolute Gasteiger partial charge is 0.130 e. The van der Waals surface area contributed by atoms with Gasteiger partial charge in [0.2, 0.25) is 0 Å². The lowest BCUT2D eigenvalue weighted by molar-refractivity contribution is 0.262. The topological polar surface area (TPSA) is 57.6 Å². The number of hydrogen-bond donors (Lipinski definition) is 2. The molecule has 0 saturated carbocycles. The summed E-state index contributed by atoms with van der Waals surface area (Å²) in [5, 5.41) is 13.7. The predicted molar refractivity (Wildman–Crippen MR) is 110 cm³/mol. The van der Waals surface area contributed by atoms with Gasteiger partial charge >= 0.3 is 0 Å². The number of rotatable bonds is 8. The Labute approximate surface area is 161 Å². The Hall–Kier alpha value is -1.85. The number of aryl methyl sites for hydroxylation is 2. The zero-order valence-corrected chi connectivity index (χ0v) is 16.4. The molecule has 27 heavy (non-hydrogen) atoms. The van der Waals surface area contributed by atoms with Crippen molar-refractivity contribution in [2.24, 2.45) is 0 Å². The number of hydrogen-bond acceptors (Lipinski definition) is 5. The lowest BCUT2D eigenvalue weighted by Crippen LogP contribution is -2.22. The zero-order valence-electron chi connectivity index (χ0n) is 16.4. The molecule has 4 rings (SSSR count). The van der Waals surface area contributed by atoms with E-state index in [9.17, 15) is 0 Å². The van der Waals surface area contributed by atoms with E-state index in [0.29, 0.717) is 6.54 Å². The number of aliphatic hydroxyl groups is 1. The van der Waals surface area contributed by atoms with Crippen LogP contribution in [-0.4, -0.2) is 54.4 Å². The quantitative estimate of drug-likeness (QED) is 0.699.